The molecule has 2 rings (SSSR count). The minimum absolute atomic E-state index is 0.0899. The fraction of sp³-hybridized carbons (Fsp3) is 0.538. The molecule has 0 bridgehead atoms. The molecule has 3 nitrogen and oxygen atoms in total. The van der Waals surface area contributed by atoms with Crippen molar-refractivity contribution in [3.05, 3.63) is 29.3 Å². The minimum Gasteiger partial charge on any atom is -0.496 e. The van der Waals surface area contributed by atoms with E-state index in [2.05, 4.69) is 24.4 Å². The second kappa shape index (κ2) is 4.85. The standard InChI is InChI=1S/C13H20N2O/c1-9-8-10(5-6-12(9)16-2)13(14)11-4-3-7-15-11/h5-6,8,11,13,15H,3-4,7,14H2,1-2H3. The highest BCUT2D eigenvalue weighted by Gasteiger charge is 2.22. The van der Waals surface area contributed by atoms with Gasteiger partial charge >= 0.3 is 0 Å². The quantitative estimate of drug-likeness (QED) is 0.816. The predicted octanol–water partition coefficient (Wildman–Crippen LogP) is 1.76. The molecule has 0 amide bonds. The van der Waals surface area contributed by atoms with Crippen LogP contribution in [0.1, 0.15) is 30.0 Å². The lowest BCUT2D eigenvalue weighted by Crippen LogP contribution is -2.34. The molecule has 0 radical (unpaired) electrons. The molecule has 1 aliphatic rings. The Kier molecular flexibility index (Phi) is 3.46. The summed E-state index contributed by atoms with van der Waals surface area (Å²) in [5.74, 6) is 0.926. The largest absolute Gasteiger partial charge is 0.496 e. The molecule has 1 fully saturated rings. The molecule has 16 heavy (non-hydrogen) atoms. The summed E-state index contributed by atoms with van der Waals surface area (Å²) in [5, 5.41) is 3.45. The summed E-state index contributed by atoms with van der Waals surface area (Å²) in [6.07, 6.45) is 2.40. The first-order chi connectivity index (χ1) is 7.72. The van der Waals surface area contributed by atoms with E-state index in [1.54, 1.807) is 7.11 Å². The molecule has 1 aromatic rings. The van der Waals surface area contributed by atoms with Crippen LogP contribution in [0.4, 0.5) is 0 Å². The fourth-order valence-electron chi connectivity index (χ4n) is 2.36. The van der Waals surface area contributed by atoms with E-state index >= 15 is 0 Å². The second-order valence-corrected chi connectivity index (χ2v) is 4.46. The zero-order valence-corrected chi connectivity index (χ0v) is 9.99. The van der Waals surface area contributed by atoms with E-state index < -0.39 is 0 Å². The summed E-state index contributed by atoms with van der Waals surface area (Å²) in [6, 6.07) is 6.71. The highest BCUT2D eigenvalue weighted by molar-refractivity contribution is 5.37. The maximum atomic E-state index is 6.26. The molecule has 3 N–H and O–H groups in total. The third kappa shape index (κ3) is 2.20. The summed E-state index contributed by atoms with van der Waals surface area (Å²) in [4.78, 5) is 0. The van der Waals surface area contributed by atoms with Crippen molar-refractivity contribution >= 4 is 0 Å². The zero-order valence-electron chi connectivity index (χ0n) is 9.99. The van der Waals surface area contributed by atoms with Gasteiger partial charge in [0.2, 0.25) is 0 Å². The third-order valence-corrected chi connectivity index (χ3v) is 3.34. The van der Waals surface area contributed by atoms with Crippen molar-refractivity contribution in [3.8, 4) is 5.75 Å². The van der Waals surface area contributed by atoms with Gasteiger partial charge in [-0.3, -0.25) is 0 Å². The Hall–Kier alpha value is -1.06. The molecule has 3 heteroatoms. The van der Waals surface area contributed by atoms with Gasteiger partial charge in [0, 0.05) is 12.1 Å². The normalized spacial score (nSPS) is 22.1. The van der Waals surface area contributed by atoms with Gasteiger partial charge in [-0.1, -0.05) is 12.1 Å². The van der Waals surface area contributed by atoms with E-state index in [1.807, 2.05) is 6.07 Å². The van der Waals surface area contributed by atoms with Gasteiger partial charge in [0.05, 0.1) is 7.11 Å². The number of rotatable bonds is 3. The summed E-state index contributed by atoms with van der Waals surface area (Å²) < 4.78 is 5.25. The Morgan fingerprint density at radius 2 is 2.31 bits per heavy atom. The number of ether oxygens (including phenoxy) is 1. The SMILES string of the molecule is COc1ccc(C(N)C2CCCN2)cc1C. The number of benzene rings is 1. The van der Waals surface area contributed by atoms with Crippen molar-refractivity contribution in [3.63, 3.8) is 0 Å². The van der Waals surface area contributed by atoms with Crippen molar-refractivity contribution in [1.29, 1.82) is 0 Å². The molecule has 1 heterocycles. The van der Waals surface area contributed by atoms with Gasteiger partial charge in [-0.2, -0.15) is 0 Å². The maximum absolute atomic E-state index is 6.26. The topological polar surface area (TPSA) is 47.3 Å². The van der Waals surface area contributed by atoms with Crippen LogP contribution >= 0.6 is 0 Å². The zero-order chi connectivity index (χ0) is 11.5. The molecule has 0 aliphatic carbocycles. The van der Waals surface area contributed by atoms with Crippen LogP contribution in [-0.4, -0.2) is 19.7 Å². The second-order valence-electron chi connectivity index (χ2n) is 4.46. The van der Waals surface area contributed by atoms with Crippen molar-refractivity contribution in [2.75, 3.05) is 13.7 Å². The number of nitrogens with two attached hydrogens (primary N) is 1. The first kappa shape index (κ1) is 11.4. The van der Waals surface area contributed by atoms with E-state index in [1.165, 1.54) is 18.4 Å². The summed E-state index contributed by atoms with van der Waals surface area (Å²) in [7, 11) is 1.69. The Labute approximate surface area is 97.0 Å². The molecule has 0 spiro atoms. The fourth-order valence-corrected chi connectivity index (χ4v) is 2.36. The highest BCUT2D eigenvalue weighted by Crippen LogP contribution is 2.25. The molecule has 1 aliphatic heterocycles. The molecule has 88 valence electrons. The minimum atomic E-state index is 0.0899. The lowest BCUT2D eigenvalue weighted by atomic mass is 9.97. The summed E-state index contributed by atoms with van der Waals surface area (Å²) in [6.45, 7) is 3.14. The highest BCUT2D eigenvalue weighted by atomic mass is 16.5. The van der Waals surface area contributed by atoms with Crippen molar-refractivity contribution in [2.45, 2.75) is 31.8 Å². The number of methoxy groups -OCH3 is 1. The van der Waals surface area contributed by atoms with Crippen LogP contribution in [0.2, 0.25) is 0 Å². The molecular formula is C13H20N2O. The number of hydrogen-bond acceptors (Lipinski definition) is 3. The monoisotopic (exact) mass is 220 g/mol. The van der Waals surface area contributed by atoms with Crippen molar-refractivity contribution in [2.24, 2.45) is 5.73 Å². The molecule has 0 saturated carbocycles. The Balaban J connectivity index is 2.16. The van der Waals surface area contributed by atoms with Crippen LogP contribution in [0.25, 0.3) is 0 Å². The average Bonchev–Trinajstić information content (AvgIpc) is 2.81. The first-order valence-electron chi connectivity index (χ1n) is 5.86. The van der Waals surface area contributed by atoms with Crippen LogP contribution in [0.15, 0.2) is 18.2 Å². The van der Waals surface area contributed by atoms with Crippen LogP contribution in [0, 0.1) is 6.92 Å². The smallest absolute Gasteiger partial charge is 0.121 e. The van der Waals surface area contributed by atoms with Gasteiger partial charge in [0.1, 0.15) is 5.75 Å². The van der Waals surface area contributed by atoms with E-state index in [9.17, 15) is 0 Å². The molecular weight excluding hydrogens is 200 g/mol. The third-order valence-electron chi connectivity index (χ3n) is 3.34. The number of aryl methyl sites for hydroxylation is 1. The lowest BCUT2D eigenvalue weighted by Gasteiger charge is -2.20. The predicted molar refractivity (Wildman–Crippen MR) is 65.7 cm³/mol. The molecule has 2 atom stereocenters. The Morgan fingerprint density at radius 3 is 2.88 bits per heavy atom. The van der Waals surface area contributed by atoms with Gasteiger partial charge in [-0.05, 0) is 43.5 Å². The summed E-state index contributed by atoms with van der Waals surface area (Å²) in [5.41, 5.74) is 8.60. The molecule has 1 aromatic carbocycles. The van der Waals surface area contributed by atoms with Crippen LogP contribution in [-0.2, 0) is 0 Å². The van der Waals surface area contributed by atoms with E-state index in [-0.39, 0.29) is 6.04 Å². The Bertz CT molecular complexity index is 359. The van der Waals surface area contributed by atoms with Crippen LogP contribution in [0.5, 0.6) is 5.75 Å². The van der Waals surface area contributed by atoms with Gasteiger partial charge < -0.3 is 15.8 Å². The van der Waals surface area contributed by atoms with Gasteiger partial charge in [-0.25, -0.2) is 0 Å². The van der Waals surface area contributed by atoms with Gasteiger partial charge in [0.15, 0.2) is 0 Å². The maximum Gasteiger partial charge on any atom is 0.121 e. The average molecular weight is 220 g/mol. The van der Waals surface area contributed by atoms with Crippen LogP contribution < -0.4 is 15.8 Å². The number of nitrogens with one attached hydrogen (secondary N) is 1. The van der Waals surface area contributed by atoms with E-state index in [0.29, 0.717) is 6.04 Å². The molecule has 2 unspecified atom stereocenters. The van der Waals surface area contributed by atoms with E-state index in [4.69, 9.17) is 10.5 Å². The first-order valence-corrected chi connectivity index (χ1v) is 5.86. The van der Waals surface area contributed by atoms with Gasteiger partial charge in [-0.15, -0.1) is 0 Å². The van der Waals surface area contributed by atoms with Crippen molar-refractivity contribution < 1.29 is 4.74 Å². The van der Waals surface area contributed by atoms with Crippen LogP contribution in [0.3, 0.4) is 0 Å². The van der Waals surface area contributed by atoms with Crippen molar-refractivity contribution in [1.82, 2.24) is 5.32 Å². The van der Waals surface area contributed by atoms with Gasteiger partial charge in [0.25, 0.3) is 0 Å². The lowest BCUT2D eigenvalue weighted by molar-refractivity contribution is 0.411. The van der Waals surface area contributed by atoms with E-state index in [0.717, 1.165) is 17.9 Å². The molecule has 1 saturated heterocycles. The molecule has 0 aromatic heterocycles. The number of hydrogen-bond donors (Lipinski definition) is 2. The summed E-state index contributed by atoms with van der Waals surface area (Å²) >= 11 is 0. The Morgan fingerprint density at radius 1 is 1.50 bits per heavy atom.